The normalized spacial score (nSPS) is 10.8. The first-order valence-electron chi connectivity index (χ1n) is 5.25. The van der Waals surface area contributed by atoms with Crippen molar-refractivity contribution >= 4 is 21.4 Å². The molecular formula is C14H11NS. The molecule has 0 saturated carbocycles. The van der Waals surface area contributed by atoms with E-state index in [4.69, 9.17) is 0 Å². The van der Waals surface area contributed by atoms with Gasteiger partial charge in [0, 0.05) is 5.56 Å². The highest BCUT2D eigenvalue weighted by atomic mass is 32.1. The monoisotopic (exact) mass is 225 g/mol. The van der Waals surface area contributed by atoms with E-state index in [1.54, 1.807) is 11.3 Å². The molecule has 0 amide bonds. The van der Waals surface area contributed by atoms with Crippen molar-refractivity contribution in [1.29, 1.82) is 0 Å². The molecule has 2 heteroatoms. The molecule has 3 rings (SSSR count). The Bertz CT molecular complexity index is 626. The number of thiophene rings is 1. The number of hydrogen-bond acceptors (Lipinski definition) is 2. The standard InChI is InChI=1S/C14H11NS/c1-10-14-12(7-8-16-14)9-13(15-10)11-5-3-2-4-6-11/h2-9H,1H3. The van der Waals surface area contributed by atoms with Gasteiger partial charge in [0.05, 0.1) is 16.1 Å². The molecule has 1 aromatic carbocycles. The summed E-state index contributed by atoms with van der Waals surface area (Å²) in [6.07, 6.45) is 0. The first-order chi connectivity index (χ1) is 7.84. The van der Waals surface area contributed by atoms with Gasteiger partial charge in [-0.3, -0.25) is 4.98 Å². The van der Waals surface area contributed by atoms with Crippen molar-refractivity contribution in [3.8, 4) is 11.3 Å². The first kappa shape index (κ1) is 9.55. The third kappa shape index (κ3) is 1.51. The summed E-state index contributed by atoms with van der Waals surface area (Å²) in [5, 5.41) is 3.41. The van der Waals surface area contributed by atoms with Crippen LogP contribution in [-0.2, 0) is 0 Å². The zero-order valence-corrected chi connectivity index (χ0v) is 9.79. The van der Waals surface area contributed by atoms with Crippen LogP contribution in [0.15, 0.2) is 47.8 Å². The molecule has 3 aromatic rings. The number of benzene rings is 1. The smallest absolute Gasteiger partial charge is 0.0712 e. The summed E-state index contributed by atoms with van der Waals surface area (Å²) >= 11 is 1.76. The highest BCUT2D eigenvalue weighted by Gasteiger charge is 2.04. The maximum Gasteiger partial charge on any atom is 0.0712 e. The summed E-state index contributed by atoms with van der Waals surface area (Å²) in [4.78, 5) is 4.65. The van der Waals surface area contributed by atoms with Gasteiger partial charge in [0.1, 0.15) is 0 Å². The first-order valence-corrected chi connectivity index (χ1v) is 6.13. The SMILES string of the molecule is Cc1nc(-c2ccccc2)cc2ccsc12. The van der Waals surface area contributed by atoms with Gasteiger partial charge in [-0.2, -0.15) is 0 Å². The topological polar surface area (TPSA) is 12.9 Å². The Morgan fingerprint density at radius 3 is 2.69 bits per heavy atom. The van der Waals surface area contributed by atoms with E-state index in [2.05, 4.69) is 41.6 Å². The molecule has 0 aliphatic rings. The van der Waals surface area contributed by atoms with Crippen molar-refractivity contribution in [3.05, 3.63) is 53.5 Å². The van der Waals surface area contributed by atoms with Crippen molar-refractivity contribution in [1.82, 2.24) is 4.98 Å². The highest BCUT2D eigenvalue weighted by molar-refractivity contribution is 7.17. The number of pyridine rings is 1. The second-order valence-electron chi connectivity index (χ2n) is 3.80. The molecule has 0 aliphatic heterocycles. The van der Waals surface area contributed by atoms with Crippen LogP contribution in [0.5, 0.6) is 0 Å². The molecule has 0 spiro atoms. The van der Waals surface area contributed by atoms with Crippen molar-refractivity contribution in [2.75, 3.05) is 0 Å². The molecule has 0 unspecified atom stereocenters. The van der Waals surface area contributed by atoms with Crippen LogP contribution in [0.4, 0.5) is 0 Å². The van der Waals surface area contributed by atoms with E-state index in [-0.39, 0.29) is 0 Å². The summed E-state index contributed by atoms with van der Waals surface area (Å²) in [6.45, 7) is 2.07. The van der Waals surface area contributed by atoms with E-state index in [1.165, 1.54) is 15.6 Å². The number of rotatable bonds is 1. The molecule has 2 aromatic heterocycles. The Balaban J connectivity index is 2.25. The van der Waals surface area contributed by atoms with Gasteiger partial charge < -0.3 is 0 Å². The van der Waals surface area contributed by atoms with Gasteiger partial charge in [-0.25, -0.2) is 0 Å². The van der Waals surface area contributed by atoms with Crippen LogP contribution < -0.4 is 0 Å². The fourth-order valence-electron chi connectivity index (χ4n) is 1.89. The van der Waals surface area contributed by atoms with Crippen molar-refractivity contribution in [3.63, 3.8) is 0 Å². The maximum absolute atomic E-state index is 4.65. The van der Waals surface area contributed by atoms with Gasteiger partial charge in [-0.05, 0) is 29.8 Å². The zero-order chi connectivity index (χ0) is 11.0. The minimum atomic E-state index is 1.06. The fraction of sp³-hybridized carbons (Fsp3) is 0.0714. The Morgan fingerprint density at radius 2 is 1.88 bits per heavy atom. The Kier molecular flexibility index (Phi) is 2.22. The van der Waals surface area contributed by atoms with Gasteiger partial charge in [0.15, 0.2) is 0 Å². The van der Waals surface area contributed by atoms with E-state index < -0.39 is 0 Å². The summed E-state index contributed by atoms with van der Waals surface area (Å²) in [7, 11) is 0. The minimum Gasteiger partial charge on any atom is -0.252 e. The predicted octanol–water partition coefficient (Wildman–Crippen LogP) is 4.27. The van der Waals surface area contributed by atoms with Crippen LogP contribution >= 0.6 is 11.3 Å². The van der Waals surface area contributed by atoms with E-state index >= 15 is 0 Å². The Hall–Kier alpha value is -1.67. The lowest BCUT2D eigenvalue weighted by atomic mass is 10.1. The molecule has 0 bridgehead atoms. The van der Waals surface area contributed by atoms with Crippen LogP contribution in [0.1, 0.15) is 5.69 Å². The molecule has 0 radical (unpaired) electrons. The molecule has 2 heterocycles. The van der Waals surface area contributed by atoms with Crippen LogP contribution in [0.3, 0.4) is 0 Å². The number of aromatic nitrogens is 1. The summed E-state index contributed by atoms with van der Waals surface area (Å²) < 4.78 is 1.29. The average Bonchev–Trinajstić information content (AvgIpc) is 2.79. The van der Waals surface area contributed by atoms with Crippen molar-refractivity contribution in [2.24, 2.45) is 0 Å². The zero-order valence-electron chi connectivity index (χ0n) is 8.97. The molecule has 0 saturated heterocycles. The molecule has 0 N–H and O–H groups in total. The number of fused-ring (bicyclic) bond motifs is 1. The van der Waals surface area contributed by atoms with Crippen molar-refractivity contribution in [2.45, 2.75) is 6.92 Å². The molecule has 0 fully saturated rings. The fourth-order valence-corrected chi connectivity index (χ4v) is 2.72. The quantitative estimate of drug-likeness (QED) is 0.602. The lowest BCUT2D eigenvalue weighted by Gasteiger charge is -2.03. The lowest BCUT2D eigenvalue weighted by molar-refractivity contribution is 1.25. The minimum absolute atomic E-state index is 1.06. The maximum atomic E-state index is 4.65. The van der Waals surface area contributed by atoms with Crippen LogP contribution in [0, 0.1) is 6.92 Å². The molecule has 1 nitrogen and oxygen atoms in total. The van der Waals surface area contributed by atoms with Gasteiger partial charge in [-0.15, -0.1) is 11.3 Å². The predicted molar refractivity (Wildman–Crippen MR) is 69.8 cm³/mol. The Morgan fingerprint density at radius 1 is 1.06 bits per heavy atom. The van der Waals surface area contributed by atoms with Crippen molar-refractivity contribution < 1.29 is 0 Å². The number of aryl methyl sites for hydroxylation is 1. The van der Waals surface area contributed by atoms with Gasteiger partial charge in [0.25, 0.3) is 0 Å². The summed E-state index contributed by atoms with van der Waals surface area (Å²) in [5.74, 6) is 0. The van der Waals surface area contributed by atoms with Crippen LogP contribution in [0.2, 0.25) is 0 Å². The van der Waals surface area contributed by atoms with Gasteiger partial charge in [-0.1, -0.05) is 30.3 Å². The third-order valence-corrected chi connectivity index (χ3v) is 3.71. The number of hydrogen-bond donors (Lipinski definition) is 0. The average molecular weight is 225 g/mol. The summed E-state index contributed by atoms with van der Waals surface area (Å²) in [5.41, 5.74) is 3.36. The number of nitrogens with zero attached hydrogens (tertiary/aromatic N) is 1. The van der Waals surface area contributed by atoms with Gasteiger partial charge in [0.2, 0.25) is 0 Å². The molecular weight excluding hydrogens is 214 g/mol. The largest absolute Gasteiger partial charge is 0.252 e. The van der Waals surface area contributed by atoms with Gasteiger partial charge >= 0.3 is 0 Å². The lowest BCUT2D eigenvalue weighted by Crippen LogP contribution is -1.86. The second kappa shape index (κ2) is 3.72. The summed E-state index contributed by atoms with van der Waals surface area (Å²) in [6, 6.07) is 14.6. The highest BCUT2D eigenvalue weighted by Crippen LogP contribution is 2.27. The van der Waals surface area contributed by atoms with E-state index in [1.807, 2.05) is 18.2 Å². The molecule has 78 valence electrons. The molecule has 0 aliphatic carbocycles. The molecule has 16 heavy (non-hydrogen) atoms. The third-order valence-electron chi connectivity index (χ3n) is 2.67. The molecule has 0 atom stereocenters. The second-order valence-corrected chi connectivity index (χ2v) is 4.71. The Labute approximate surface area is 98.4 Å². The van der Waals surface area contributed by atoms with E-state index in [9.17, 15) is 0 Å². The van der Waals surface area contributed by atoms with Crippen LogP contribution in [0.25, 0.3) is 21.3 Å². The van der Waals surface area contributed by atoms with E-state index in [0.717, 1.165) is 11.4 Å². The van der Waals surface area contributed by atoms with E-state index in [0.29, 0.717) is 0 Å². The van der Waals surface area contributed by atoms with Crippen LogP contribution in [-0.4, -0.2) is 4.98 Å².